The van der Waals surface area contributed by atoms with Gasteiger partial charge in [-0.15, -0.1) is 5.53 Å². The van der Waals surface area contributed by atoms with Gasteiger partial charge in [-0.2, -0.15) is 0 Å². The number of hydrazine groups is 2. The van der Waals surface area contributed by atoms with E-state index < -0.39 is 0 Å². The van der Waals surface area contributed by atoms with E-state index in [9.17, 15) is 0 Å². The van der Waals surface area contributed by atoms with Crippen molar-refractivity contribution in [2.24, 2.45) is 11.8 Å². The first-order valence-electron chi connectivity index (χ1n) is 11.3. The number of nitrogens with one attached hydrogen (secondary N) is 2. The molecular weight excluding hydrogens is 332 g/mol. The lowest BCUT2D eigenvalue weighted by atomic mass is 9.96. The largest absolute Gasteiger partial charge is 0.302 e. The van der Waals surface area contributed by atoms with Gasteiger partial charge >= 0.3 is 0 Å². The molecule has 0 bridgehead atoms. The molecule has 2 rings (SSSR count). The highest BCUT2D eigenvalue weighted by Gasteiger charge is 2.23. The molecule has 4 nitrogen and oxygen atoms in total. The van der Waals surface area contributed by atoms with Crippen molar-refractivity contribution >= 4 is 11.4 Å². The molecule has 1 aromatic carbocycles. The number of benzene rings is 1. The van der Waals surface area contributed by atoms with Gasteiger partial charge in [0, 0.05) is 13.1 Å². The zero-order valence-electron chi connectivity index (χ0n) is 18.1. The summed E-state index contributed by atoms with van der Waals surface area (Å²) in [7, 11) is 0. The molecule has 1 aromatic rings. The van der Waals surface area contributed by atoms with E-state index in [1.807, 2.05) is 0 Å². The molecule has 2 atom stereocenters. The molecule has 1 aliphatic heterocycles. The van der Waals surface area contributed by atoms with Crippen LogP contribution in [0.3, 0.4) is 0 Å². The van der Waals surface area contributed by atoms with Crippen LogP contribution in [0.2, 0.25) is 0 Å². The van der Waals surface area contributed by atoms with Crippen LogP contribution in [-0.2, 0) is 0 Å². The first kappa shape index (κ1) is 22.0. The summed E-state index contributed by atoms with van der Waals surface area (Å²) < 4.78 is 0. The van der Waals surface area contributed by atoms with E-state index >= 15 is 0 Å². The summed E-state index contributed by atoms with van der Waals surface area (Å²) in [5.74, 6) is 1.61. The van der Waals surface area contributed by atoms with Gasteiger partial charge in [0.2, 0.25) is 0 Å². The standard InChI is InChI=1S/C23H42N4/c1-5-9-13-20(7-3)17-26(18-21(8-4)14-10-6-2)19-27-23-16-12-11-15-22(23)24-25-27/h11-12,15-16,20-21,24-25H,5-10,13-14,17-19H2,1-4H3. The maximum atomic E-state index is 3.36. The van der Waals surface area contributed by atoms with Crippen LogP contribution in [0.4, 0.5) is 11.4 Å². The monoisotopic (exact) mass is 374 g/mol. The van der Waals surface area contributed by atoms with Crippen molar-refractivity contribution < 1.29 is 0 Å². The van der Waals surface area contributed by atoms with E-state index in [1.165, 1.54) is 75.8 Å². The maximum Gasteiger partial charge on any atom is 0.0882 e. The normalized spacial score (nSPS) is 15.7. The molecule has 0 aromatic heterocycles. The third-order valence-corrected chi connectivity index (χ3v) is 5.98. The van der Waals surface area contributed by atoms with Gasteiger partial charge in [-0.3, -0.25) is 9.91 Å². The average molecular weight is 375 g/mol. The topological polar surface area (TPSA) is 30.5 Å². The van der Waals surface area contributed by atoms with E-state index in [1.54, 1.807) is 0 Å². The fourth-order valence-electron chi connectivity index (χ4n) is 4.07. The Kier molecular flexibility index (Phi) is 10.00. The number of nitrogens with zero attached hydrogens (tertiary/aromatic N) is 2. The molecule has 0 radical (unpaired) electrons. The Balaban J connectivity index is 2.04. The van der Waals surface area contributed by atoms with Crippen molar-refractivity contribution in [1.29, 1.82) is 0 Å². The van der Waals surface area contributed by atoms with Crippen molar-refractivity contribution in [3.8, 4) is 0 Å². The summed E-state index contributed by atoms with van der Waals surface area (Å²) in [6.45, 7) is 12.7. The molecule has 2 unspecified atom stereocenters. The van der Waals surface area contributed by atoms with E-state index in [2.05, 4.69) is 72.8 Å². The lowest BCUT2D eigenvalue weighted by Gasteiger charge is -2.34. The van der Waals surface area contributed by atoms with Crippen LogP contribution in [0.15, 0.2) is 24.3 Å². The number of unbranched alkanes of at least 4 members (excludes halogenated alkanes) is 2. The van der Waals surface area contributed by atoms with Crippen molar-refractivity contribution in [1.82, 2.24) is 10.4 Å². The molecule has 0 saturated heterocycles. The first-order chi connectivity index (χ1) is 13.2. The Bertz CT molecular complexity index is 501. The van der Waals surface area contributed by atoms with Crippen LogP contribution in [-0.4, -0.2) is 24.7 Å². The van der Waals surface area contributed by atoms with Gasteiger partial charge in [0.05, 0.1) is 18.0 Å². The Morgan fingerprint density at radius 1 is 0.889 bits per heavy atom. The van der Waals surface area contributed by atoms with Crippen LogP contribution in [0.25, 0.3) is 0 Å². The number of anilines is 2. The quantitative estimate of drug-likeness (QED) is 0.416. The average Bonchev–Trinajstić information content (AvgIpc) is 3.10. The van der Waals surface area contributed by atoms with E-state index in [-0.39, 0.29) is 0 Å². The van der Waals surface area contributed by atoms with Gasteiger partial charge < -0.3 is 5.43 Å². The van der Waals surface area contributed by atoms with E-state index in [0.29, 0.717) is 0 Å². The Morgan fingerprint density at radius 3 is 2.04 bits per heavy atom. The highest BCUT2D eigenvalue weighted by molar-refractivity contribution is 5.72. The second-order valence-corrected chi connectivity index (χ2v) is 8.19. The van der Waals surface area contributed by atoms with E-state index in [0.717, 1.165) is 18.5 Å². The minimum absolute atomic E-state index is 0.805. The van der Waals surface area contributed by atoms with Crippen LogP contribution in [0.5, 0.6) is 0 Å². The minimum atomic E-state index is 0.805. The number of hydrogen-bond donors (Lipinski definition) is 2. The SMILES string of the molecule is CCCCC(CC)CN(CC(CC)CCCC)CN1NNc2ccccc21. The predicted octanol–water partition coefficient (Wildman–Crippen LogP) is 6.03. The number of hydrogen-bond acceptors (Lipinski definition) is 4. The highest BCUT2D eigenvalue weighted by atomic mass is 15.7. The van der Waals surface area contributed by atoms with Crippen LogP contribution in [0.1, 0.15) is 79.1 Å². The third-order valence-electron chi connectivity index (χ3n) is 5.98. The molecule has 1 aliphatic rings. The summed E-state index contributed by atoms with van der Waals surface area (Å²) in [5, 5.41) is 2.27. The van der Waals surface area contributed by atoms with Gasteiger partial charge in [-0.05, 0) is 36.8 Å². The zero-order chi connectivity index (χ0) is 19.5. The summed E-state index contributed by atoms with van der Waals surface area (Å²) in [6, 6.07) is 8.55. The second-order valence-electron chi connectivity index (χ2n) is 8.19. The Labute approximate surface area is 167 Å². The highest BCUT2D eigenvalue weighted by Crippen LogP contribution is 2.29. The fourth-order valence-corrected chi connectivity index (χ4v) is 4.07. The first-order valence-corrected chi connectivity index (χ1v) is 11.3. The van der Waals surface area contributed by atoms with Crippen molar-refractivity contribution in [2.45, 2.75) is 79.1 Å². The fraction of sp³-hybridized carbons (Fsp3) is 0.739. The van der Waals surface area contributed by atoms with Crippen LogP contribution in [0, 0.1) is 11.8 Å². The molecule has 4 heteroatoms. The third kappa shape index (κ3) is 7.00. The molecular formula is C23H42N4. The van der Waals surface area contributed by atoms with Crippen LogP contribution < -0.4 is 16.0 Å². The molecule has 0 fully saturated rings. The van der Waals surface area contributed by atoms with Crippen molar-refractivity contribution in [2.75, 3.05) is 30.2 Å². The summed E-state index contributed by atoms with van der Waals surface area (Å²) in [5.41, 5.74) is 9.10. The Hall–Kier alpha value is -1.26. The number of para-hydroxylation sites is 2. The maximum absolute atomic E-state index is 3.36. The van der Waals surface area contributed by atoms with E-state index in [4.69, 9.17) is 0 Å². The number of rotatable bonds is 14. The number of fused-ring (bicyclic) bond motifs is 1. The van der Waals surface area contributed by atoms with Crippen molar-refractivity contribution in [3.63, 3.8) is 0 Å². The lowest BCUT2D eigenvalue weighted by Crippen LogP contribution is -2.47. The van der Waals surface area contributed by atoms with Gasteiger partial charge in [0.1, 0.15) is 0 Å². The molecule has 1 heterocycles. The Morgan fingerprint density at radius 2 is 1.48 bits per heavy atom. The molecule has 0 saturated carbocycles. The summed E-state index contributed by atoms with van der Waals surface area (Å²) >= 11 is 0. The minimum Gasteiger partial charge on any atom is -0.302 e. The van der Waals surface area contributed by atoms with Gasteiger partial charge in [0.15, 0.2) is 0 Å². The molecule has 0 aliphatic carbocycles. The second kappa shape index (κ2) is 12.2. The lowest BCUT2D eigenvalue weighted by molar-refractivity contribution is 0.178. The molecule has 27 heavy (non-hydrogen) atoms. The van der Waals surface area contributed by atoms with Gasteiger partial charge in [-0.25, -0.2) is 0 Å². The van der Waals surface area contributed by atoms with Gasteiger partial charge in [0.25, 0.3) is 0 Å². The zero-order valence-corrected chi connectivity index (χ0v) is 18.1. The molecule has 0 spiro atoms. The van der Waals surface area contributed by atoms with Gasteiger partial charge in [-0.1, -0.05) is 78.4 Å². The predicted molar refractivity (Wildman–Crippen MR) is 119 cm³/mol. The van der Waals surface area contributed by atoms with Crippen LogP contribution >= 0.6 is 0 Å². The summed E-state index contributed by atoms with van der Waals surface area (Å²) in [4.78, 5) is 2.70. The van der Waals surface area contributed by atoms with Crippen molar-refractivity contribution in [3.05, 3.63) is 24.3 Å². The molecule has 0 amide bonds. The molecule has 154 valence electrons. The smallest absolute Gasteiger partial charge is 0.0882 e. The summed E-state index contributed by atoms with van der Waals surface area (Å²) in [6.07, 6.45) is 10.6. The molecule has 2 N–H and O–H groups in total.